The number of nitrogens with zero attached hydrogens (tertiary/aromatic N) is 1. The van der Waals surface area contributed by atoms with Crippen LogP contribution in [-0.4, -0.2) is 32.1 Å². The molecule has 0 amide bonds. The fourth-order valence-electron chi connectivity index (χ4n) is 3.00. The summed E-state index contributed by atoms with van der Waals surface area (Å²) in [6.45, 7) is 6.27. The second-order valence-corrected chi connectivity index (χ2v) is 5.95. The number of hydrogen-bond donors (Lipinski definition) is 1. The zero-order chi connectivity index (χ0) is 14.0. The molecular formula is C16H26N2O. The standard InChI is InChI=1S/C16H26N2O/c1-11(2)13-5-6-14(16(8-13)19-4)15-7-12(9-17)10-18(15)3/h5-6,8,11-12,15H,7,9-10,17H2,1-4H3. The van der Waals surface area contributed by atoms with Crippen LogP contribution in [0.15, 0.2) is 18.2 Å². The molecule has 0 saturated carbocycles. The van der Waals surface area contributed by atoms with Gasteiger partial charge < -0.3 is 10.5 Å². The summed E-state index contributed by atoms with van der Waals surface area (Å²) in [5.41, 5.74) is 8.44. The maximum atomic E-state index is 5.81. The maximum Gasteiger partial charge on any atom is 0.123 e. The smallest absolute Gasteiger partial charge is 0.123 e. The fraction of sp³-hybridized carbons (Fsp3) is 0.625. The van der Waals surface area contributed by atoms with Gasteiger partial charge in [-0.25, -0.2) is 0 Å². The Labute approximate surface area is 116 Å². The van der Waals surface area contributed by atoms with E-state index in [1.807, 2.05) is 0 Å². The SMILES string of the molecule is COc1cc(C(C)C)ccc1C1CC(CN)CN1C. The third-order valence-electron chi connectivity index (χ3n) is 4.25. The Morgan fingerprint density at radius 2 is 2.16 bits per heavy atom. The van der Waals surface area contributed by atoms with E-state index in [1.165, 1.54) is 11.1 Å². The van der Waals surface area contributed by atoms with Gasteiger partial charge in [-0.2, -0.15) is 0 Å². The molecule has 1 fully saturated rings. The molecule has 3 nitrogen and oxygen atoms in total. The average Bonchev–Trinajstić information content (AvgIpc) is 2.79. The second kappa shape index (κ2) is 5.93. The van der Waals surface area contributed by atoms with Gasteiger partial charge in [-0.15, -0.1) is 0 Å². The Balaban J connectivity index is 2.29. The number of ether oxygens (including phenoxy) is 1. The van der Waals surface area contributed by atoms with Crippen LogP contribution in [0.25, 0.3) is 0 Å². The highest BCUT2D eigenvalue weighted by molar-refractivity contribution is 5.41. The van der Waals surface area contributed by atoms with Gasteiger partial charge >= 0.3 is 0 Å². The summed E-state index contributed by atoms with van der Waals surface area (Å²) in [7, 11) is 3.94. The number of likely N-dealkylation sites (tertiary alicyclic amines) is 1. The van der Waals surface area contributed by atoms with E-state index in [9.17, 15) is 0 Å². The van der Waals surface area contributed by atoms with E-state index in [0.29, 0.717) is 17.9 Å². The van der Waals surface area contributed by atoms with Gasteiger partial charge in [-0.05, 0) is 43.5 Å². The van der Waals surface area contributed by atoms with Crippen molar-refractivity contribution in [3.8, 4) is 5.75 Å². The largest absolute Gasteiger partial charge is 0.496 e. The highest BCUT2D eigenvalue weighted by Gasteiger charge is 2.31. The van der Waals surface area contributed by atoms with Crippen LogP contribution in [0, 0.1) is 5.92 Å². The molecule has 0 aromatic heterocycles. The normalized spacial score (nSPS) is 24.1. The van der Waals surface area contributed by atoms with E-state index in [2.05, 4.69) is 44.0 Å². The van der Waals surface area contributed by atoms with Crippen molar-refractivity contribution in [1.29, 1.82) is 0 Å². The van der Waals surface area contributed by atoms with Crippen molar-refractivity contribution in [2.75, 3.05) is 27.2 Å². The average molecular weight is 262 g/mol. The van der Waals surface area contributed by atoms with E-state index in [0.717, 1.165) is 25.3 Å². The van der Waals surface area contributed by atoms with Crippen molar-refractivity contribution in [3.05, 3.63) is 29.3 Å². The van der Waals surface area contributed by atoms with Crippen molar-refractivity contribution in [2.24, 2.45) is 11.7 Å². The lowest BCUT2D eigenvalue weighted by molar-refractivity contribution is 0.303. The van der Waals surface area contributed by atoms with Crippen molar-refractivity contribution < 1.29 is 4.74 Å². The zero-order valence-electron chi connectivity index (χ0n) is 12.5. The summed E-state index contributed by atoms with van der Waals surface area (Å²) in [6.07, 6.45) is 1.13. The molecule has 0 bridgehead atoms. The third-order valence-corrected chi connectivity index (χ3v) is 4.25. The first-order valence-corrected chi connectivity index (χ1v) is 7.15. The second-order valence-electron chi connectivity index (χ2n) is 5.95. The number of methoxy groups -OCH3 is 1. The molecule has 2 rings (SSSR count). The Bertz CT molecular complexity index is 431. The van der Waals surface area contributed by atoms with Crippen LogP contribution >= 0.6 is 0 Å². The molecule has 106 valence electrons. The molecule has 3 heteroatoms. The first kappa shape index (κ1) is 14.4. The first-order chi connectivity index (χ1) is 9.06. The summed E-state index contributed by atoms with van der Waals surface area (Å²) in [6, 6.07) is 7.08. The minimum absolute atomic E-state index is 0.435. The van der Waals surface area contributed by atoms with Crippen LogP contribution < -0.4 is 10.5 Å². The first-order valence-electron chi connectivity index (χ1n) is 7.15. The van der Waals surface area contributed by atoms with Crippen LogP contribution in [0.4, 0.5) is 0 Å². The van der Waals surface area contributed by atoms with Gasteiger partial charge in [0.2, 0.25) is 0 Å². The summed E-state index contributed by atoms with van der Waals surface area (Å²) >= 11 is 0. The molecule has 1 heterocycles. The van der Waals surface area contributed by atoms with Crippen LogP contribution in [0.5, 0.6) is 5.75 Å². The Morgan fingerprint density at radius 3 is 2.68 bits per heavy atom. The van der Waals surface area contributed by atoms with E-state index in [4.69, 9.17) is 10.5 Å². The van der Waals surface area contributed by atoms with E-state index in [1.54, 1.807) is 7.11 Å². The van der Waals surface area contributed by atoms with Gasteiger partial charge in [-0.1, -0.05) is 26.0 Å². The lowest BCUT2D eigenvalue weighted by Crippen LogP contribution is -2.20. The Hall–Kier alpha value is -1.06. The predicted molar refractivity (Wildman–Crippen MR) is 79.6 cm³/mol. The molecule has 19 heavy (non-hydrogen) atoms. The number of benzene rings is 1. The van der Waals surface area contributed by atoms with Crippen molar-refractivity contribution in [1.82, 2.24) is 4.90 Å². The van der Waals surface area contributed by atoms with Gasteiger partial charge in [-0.3, -0.25) is 4.90 Å². The predicted octanol–water partition coefficient (Wildman–Crippen LogP) is 2.77. The molecule has 1 aromatic carbocycles. The maximum absolute atomic E-state index is 5.81. The van der Waals surface area contributed by atoms with Crippen LogP contribution in [0.2, 0.25) is 0 Å². The minimum Gasteiger partial charge on any atom is -0.496 e. The molecule has 1 aliphatic rings. The van der Waals surface area contributed by atoms with Crippen LogP contribution in [0.1, 0.15) is 43.4 Å². The summed E-state index contributed by atoms with van der Waals surface area (Å²) in [4.78, 5) is 2.39. The van der Waals surface area contributed by atoms with Gasteiger partial charge in [0.05, 0.1) is 7.11 Å². The highest BCUT2D eigenvalue weighted by atomic mass is 16.5. The minimum atomic E-state index is 0.435. The molecule has 1 aliphatic heterocycles. The molecule has 2 N–H and O–H groups in total. The summed E-state index contributed by atoms with van der Waals surface area (Å²) in [5.74, 6) is 2.14. The van der Waals surface area contributed by atoms with Crippen molar-refractivity contribution >= 4 is 0 Å². The Morgan fingerprint density at radius 1 is 1.42 bits per heavy atom. The van der Waals surface area contributed by atoms with Crippen LogP contribution in [0.3, 0.4) is 0 Å². The van der Waals surface area contributed by atoms with Gasteiger partial charge in [0.25, 0.3) is 0 Å². The van der Waals surface area contributed by atoms with E-state index in [-0.39, 0.29) is 0 Å². The van der Waals surface area contributed by atoms with Crippen molar-refractivity contribution in [2.45, 2.75) is 32.2 Å². The zero-order valence-corrected chi connectivity index (χ0v) is 12.5. The quantitative estimate of drug-likeness (QED) is 0.907. The van der Waals surface area contributed by atoms with E-state index < -0.39 is 0 Å². The fourth-order valence-corrected chi connectivity index (χ4v) is 3.00. The number of nitrogens with two attached hydrogens (primary N) is 1. The lowest BCUT2D eigenvalue weighted by atomic mass is 9.95. The summed E-state index contributed by atoms with van der Waals surface area (Å²) < 4.78 is 5.61. The number of hydrogen-bond acceptors (Lipinski definition) is 3. The Kier molecular flexibility index (Phi) is 4.48. The van der Waals surface area contributed by atoms with E-state index >= 15 is 0 Å². The highest BCUT2D eigenvalue weighted by Crippen LogP contribution is 2.39. The molecule has 2 unspecified atom stereocenters. The van der Waals surface area contributed by atoms with Gasteiger partial charge in [0.15, 0.2) is 0 Å². The van der Waals surface area contributed by atoms with Gasteiger partial charge in [0.1, 0.15) is 5.75 Å². The molecule has 0 spiro atoms. The van der Waals surface area contributed by atoms with Crippen molar-refractivity contribution in [3.63, 3.8) is 0 Å². The summed E-state index contributed by atoms with van der Waals surface area (Å²) in [5, 5.41) is 0. The molecule has 0 radical (unpaired) electrons. The molecule has 0 aliphatic carbocycles. The van der Waals surface area contributed by atoms with Crippen LogP contribution in [-0.2, 0) is 0 Å². The molecular weight excluding hydrogens is 236 g/mol. The molecule has 2 atom stereocenters. The topological polar surface area (TPSA) is 38.5 Å². The number of rotatable bonds is 4. The van der Waals surface area contributed by atoms with Gasteiger partial charge in [0, 0.05) is 18.2 Å². The lowest BCUT2D eigenvalue weighted by Gasteiger charge is -2.22. The molecule has 1 aromatic rings. The third kappa shape index (κ3) is 2.93. The molecule has 1 saturated heterocycles. The monoisotopic (exact) mass is 262 g/mol.